The maximum absolute atomic E-state index is 12.9. The number of carbonyl (C=O) groups excluding carboxylic acids is 3. The largest absolute Gasteiger partial charge is 0.465 e. The molecule has 0 aromatic heterocycles. The monoisotopic (exact) mass is 900 g/mol. The fourth-order valence-corrected chi connectivity index (χ4v) is 9.60. The third-order valence-corrected chi connectivity index (χ3v) is 22.4. The molecule has 11 heteroatoms. The van der Waals surface area contributed by atoms with E-state index in [0.29, 0.717) is 50.7 Å². The first kappa shape index (κ1) is 59.7. The maximum atomic E-state index is 12.9. The molecular formula is C50H101NO8Si2. The van der Waals surface area contributed by atoms with Gasteiger partial charge in [-0.2, -0.15) is 0 Å². The molecule has 0 amide bonds. The van der Waals surface area contributed by atoms with Gasteiger partial charge in [-0.1, -0.05) is 133 Å². The summed E-state index contributed by atoms with van der Waals surface area (Å²) >= 11 is 0. The van der Waals surface area contributed by atoms with Crippen molar-refractivity contribution in [2.45, 2.75) is 260 Å². The summed E-state index contributed by atoms with van der Waals surface area (Å²) < 4.78 is 31.3. The second kappa shape index (κ2) is 30.0. The van der Waals surface area contributed by atoms with Gasteiger partial charge in [-0.15, -0.1) is 0 Å². The van der Waals surface area contributed by atoms with Crippen molar-refractivity contribution in [3.63, 3.8) is 0 Å². The Morgan fingerprint density at radius 2 is 0.836 bits per heavy atom. The maximum Gasteiger partial charge on any atom is 0.306 e. The van der Waals surface area contributed by atoms with E-state index < -0.39 is 22.2 Å². The fourth-order valence-electron chi connectivity index (χ4n) is 6.84. The zero-order chi connectivity index (χ0) is 46.9. The zero-order valence-corrected chi connectivity index (χ0v) is 45.3. The zero-order valence-electron chi connectivity index (χ0n) is 43.3. The number of hydrogen-bond donors (Lipinski definition) is 0. The molecule has 61 heavy (non-hydrogen) atoms. The first-order valence-electron chi connectivity index (χ1n) is 24.8. The summed E-state index contributed by atoms with van der Waals surface area (Å²) in [6, 6.07) is 0. The summed E-state index contributed by atoms with van der Waals surface area (Å²) in [5.74, 6) is 0.593. The van der Waals surface area contributed by atoms with Crippen LogP contribution in [0.5, 0.6) is 0 Å². The summed E-state index contributed by atoms with van der Waals surface area (Å²) in [7, 11) is -4.21. The lowest BCUT2D eigenvalue weighted by Gasteiger charge is -2.42. The Morgan fingerprint density at radius 1 is 0.492 bits per heavy atom. The lowest BCUT2D eigenvalue weighted by molar-refractivity contribution is -0.155. The van der Waals surface area contributed by atoms with E-state index in [2.05, 4.69) is 100 Å². The normalized spacial score (nSPS) is 14.2. The second-order valence-corrected chi connectivity index (χ2v) is 31.6. The fraction of sp³-hybridized carbons (Fsp3) is 0.940. The Morgan fingerprint density at radius 3 is 1.16 bits per heavy atom. The van der Waals surface area contributed by atoms with Crippen molar-refractivity contribution in [2.24, 2.45) is 11.8 Å². The van der Waals surface area contributed by atoms with Gasteiger partial charge < -0.3 is 23.1 Å². The van der Waals surface area contributed by atoms with Gasteiger partial charge in [0.2, 0.25) is 0 Å². The minimum absolute atomic E-state index is 0.0469. The number of nitrogens with zero attached hydrogens (tertiary/aromatic N) is 1. The predicted octanol–water partition coefficient (Wildman–Crippen LogP) is 13.8. The van der Waals surface area contributed by atoms with Crippen LogP contribution in [0.25, 0.3) is 0 Å². The molecular weight excluding hydrogens is 799 g/mol. The van der Waals surface area contributed by atoms with E-state index in [4.69, 9.17) is 23.1 Å². The lowest BCUT2D eigenvalue weighted by atomic mass is 10.0. The van der Waals surface area contributed by atoms with Gasteiger partial charge in [0.25, 0.3) is 0 Å². The minimum atomic E-state index is -2.11. The van der Waals surface area contributed by atoms with E-state index in [-0.39, 0.29) is 40.2 Å². The predicted molar refractivity (Wildman–Crippen MR) is 261 cm³/mol. The summed E-state index contributed by atoms with van der Waals surface area (Å²) in [6.07, 6.45) is 16.0. The Kier molecular flexibility index (Phi) is 29.4. The summed E-state index contributed by atoms with van der Waals surface area (Å²) in [5.41, 5.74) is -0.512. The highest BCUT2D eigenvalue weighted by molar-refractivity contribution is 6.74. The molecule has 2 unspecified atom stereocenters. The molecule has 9 nitrogen and oxygen atoms in total. The molecule has 362 valence electrons. The molecule has 0 aromatic carbocycles. The molecule has 0 aliphatic carbocycles. The number of rotatable bonds is 34. The van der Waals surface area contributed by atoms with Crippen molar-refractivity contribution in [2.75, 3.05) is 32.8 Å². The van der Waals surface area contributed by atoms with Crippen molar-refractivity contribution < 1.29 is 37.4 Å². The molecule has 0 aromatic rings. The molecule has 0 heterocycles. The average molecular weight is 901 g/mol. The van der Waals surface area contributed by atoms with E-state index in [1.54, 1.807) is 0 Å². The Hall–Kier alpha value is -1.28. The molecule has 2 atom stereocenters. The quantitative estimate of drug-likeness (QED) is 0.0270. The summed E-state index contributed by atoms with van der Waals surface area (Å²) in [4.78, 5) is 40.2. The van der Waals surface area contributed by atoms with Gasteiger partial charge in [0.05, 0.1) is 25.4 Å². The third kappa shape index (κ3) is 28.3. The highest BCUT2D eigenvalue weighted by atomic mass is 28.4. The van der Waals surface area contributed by atoms with Gasteiger partial charge in [-0.25, -0.2) is 0 Å². The molecule has 0 saturated carbocycles. The number of ether oxygens (including phenoxy) is 3. The Bertz CT molecular complexity index is 1110. The smallest absolute Gasteiger partial charge is 0.306 e. The van der Waals surface area contributed by atoms with Crippen molar-refractivity contribution in [3.05, 3.63) is 0 Å². The van der Waals surface area contributed by atoms with E-state index >= 15 is 0 Å². The Balaban J connectivity index is 6.07. The first-order valence-corrected chi connectivity index (χ1v) is 30.6. The molecule has 0 aliphatic rings. The first-order chi connectivity index (χ1) is 28.2. The van der Waals surface area contributed by atoms with Crippen molar-refractivity contribution in [1.29, 1.82) is 0 Å². The number of carbonyl (C=O) groups is 3. The molecule has 0 fully saturated rings. The van der Waals surface area contributed by atoms with Crippen molar-refractivity contribution in [1.82, 2.24) is 4.90 Å². The summed E-state index contributed by atoms with van der Waals surface area (Å²) in [6.45, 7) is 40.9. The van der Waals surface area contributed by atoms with Gasteiger partial charge in [-0.05, 0) is 108 Å². The second-order valence-electron chi connectivity index (χ2n) is 22.1. The van der Waals surface area contributed by atoms with E-state index in [9.17, 15) is 14.4 Å². The molecule has 0 spiro atoms. The van der Waals surface area contributed by atoms with Crippen LogP contribution in [0.15, 0.2) is 0 Å². The van der Waals surface area contributed by atoms with Crippen LogP contribution in [0.1, 0.15) is 206 Å². The highest BCUT2D eigenvalue weighted by Gasteiger charge is 2.41. The topological polar surface area (TPSA) is 101 Å². The van der Waals surface area contributed by atoms with Crippen LogP contribution in [-0.4, -0.2) is 90.1 Å². The standard InChI is InChI=1S/C50H101NO8Si2/c1-18-41(19-2)39-55-45(52)33-28-24-22-26-31-43(58-60(14,15)49(8,9)10)37-51(36-30-35-47(54)57-48(5,6)7)38-44(59-61(16,17)50(11,12)13)32-27-23-25-29-34-46(53)56-40-42(20-3)21-4/h41-44H,18-40H2,1-17H3. The van der Waals surface area contributed by atoms with Crippen LogP contribution in [-0.2, 0) is 37.4 Å². The van der Waals surface area contributed by atoms with Gasteiger partial charge in [0.15, 0.2) is 16.6 Å². The minimum Gasteiger partial charge on any atom is -0.465 e. The SMILES string of the molecule is CCC(CC)COC(=O)CCCCCCC(CN(CCCC(=O)OC(C)(C)C)CC(CCCCCCC(=O)OCC(CC)CC)O[Si](C)(C)C(C)(C)C)O[Si](C)(C)C(C)(C)C. The van der Waals surface area contributed by atoms with Crippen LogP contribution >= 0.6 is 0 Å². The number of esters is 3. The molecule has 0 bridgehead atoms. The third-order valence-electron chi connectivity index (χ3n) is 13.3. The van der Waals surface area contributed by atoms with Crippen LogP contribution < -0.4 is 0 Å². The molecule has 0 N–H and O–H groups in total. The molecule has 0 rings (SSSR count). The highest BCUT2D eigenvalue weighted by Crippen LogP contribution is 2.39. The number of unbranched alkanes of at least 4 members (excludes halogenated alkanes) is 6. The van der Waals surface area contributed by atoms with Crippen LogP contribution in [0.2, 0.25) is 36.3 Å². The van der Waals surface area contributed by atoms with Crippen LogP contribution in [0, 0.1) is 11.8 Å². The lowest BCUT2D eigenvalue weighted by Crippen LogP contribution is -2.50. The van der Waals surface area contributed by atoms with Crippen molar-refractivity contribution in [3.8, 4) is 0 Å². The van der Waals surface area contributed by atoms with Gasteiger partial charge in [0.1, 0.15) is 5.60 Å². The van der Waals surface area contributed by atoms with Gasteiger partial charge >= 0.3 is 17.9 Å². The number of hydrogen-bond acceptors (Lipinski definition) is 9. The van der Waals surface area contributed by atoms with E-state index in [1.807, 2.05) is 20.8 Å². The van der Waals surface area contributed by atoms with E-state index in [0.717, 1.165) is 110 Å². The van der Waals surface area contributed by atoms with Crippen LogP contribution in [0.4, 0.5) is 0 Å². The Labute approximate surface area is 379 Å². The average Bonchev–Trinajstić information content (AvgIpc) is 3.13. The summed E-state index contributed by atoms with van der Waals surface area (Å²) in [5, 5.41) is 0.139. The molecule has 0 aliphatic heterocycles. The van der Waals surface area contributed by atoms with E-state index in [1.165, 1.54) is 0 Å². The van der Waals surface area contributed by atoms with Gasteiger partial charge in [-0.3, -0.25) is 19.3 Å². The van der Waals surface area contributed by atoms with Crippen LogP contribution in [0.3, 0.4) is 0 Å². The molecule has 0 radical (unpaired) electrons. The van der Waals surface area contributed by atoms with Crippen molar-refractivity contribution >= 4 is 34.5 Å². The molecule has 0 saturated heterocycles. The van der Waals surface area contributed by atoms with Gasteiger partial charge in [0, 0.05) is 32.4 Å².